The molecular weight excluding hydrogens is 380 g/mol. The van der Waals surface area contributed by atoms with Gasteiger partial charge in [0.1, 0.15) is 11.5 Å². The van der Waals surface area contributed by atoms with Gasteiger partial charge in [-0.2, -0.15) is 0 Å². The van der Waals surface area contributed by atoms with Gasteiger partial charge in [-0.25, -0.2) is 0 Å². The fourth-order valence-corrected chi connectivity index (χ4v) is 5.48. The second-order valence-electron chi connectivity index (χ2n) is 9.21. The van der Waals surface area contributed by atoms with Crippen molar-refractivity contribution in [1.29, 1.82) is 0 Å². The fraction of sp³-hybridized carbons (Fsp3) is 0.310. The van der Waals surface area contributed by atoms with Crippen LogP contribution in [0.2, 0.25) is 0 Å². The molecule has 31 heavy (non-hydrogen) atoms. The molecule has 4 aromatic rings. The maximum atomic E-state index is 6.58. The molecule has 6 rings (SSSR count). The summed E-state index contributed by atoms with van der Waals surface area (Å²) in [6, 6.07) is 25.9. The van der Waals surface area contributed by atoms with Gasteiger partial charge in [-0.3, -0.25) is 0 Å². The summed E-state index contributed by atoms with van der Waals surface area (Å²) in [5, 5.41) is 4.89. The minimum atomic E-state index is 0.430. The Hall–Kier alpha value is -3.00. The van der Waals surface area contributed by atoms with E-state index in [0.29, 0.717) is 11.8 Å². The van der Waals surface area contributed by atoms with Crippen molar-refractivity contribution in [1.82, 2.24) is 0 Å². The average Bonchev–Trinajstić information content (AvgIpc) is 2.86. The van der Waals surface area contributed by atoms with E-state index in [1.54, 1.807) is 0 Å². The van der Waals surface area contributed by atoms with Crippen LogP contribution in [-0.4, -0.2) is 13.2 Å². The number of ether oxygens (including phenoxy) is 2. The van der Waals surface area contributed by atoms with Crippen LogP contribution in [-0.2, 0) is 0 Å². The van der Waals surface area contributed by atoms with Crippen LogP contribution in [0.15, 0.2) is 72.8 Å². The highest BCUT2D eigenvalue weighted by Crippen LogP contribution is 2.48. The lowest BCUT2D eigenvalue weighted by molar-refractivity contribution is 0.0532. The number of benzene rings is 4. The Morgan fingerprint density at radius 1 is 0.645 bits per heavy atom. The number of hydrogen-bond acceptors (Lipinski definition) is 2. The molecule has 0 bridgehead atoms. The predicted octanol–water partition coefficient (Wildman–Crippen LogP) is 7.48. The molecule has 156 valence electrons. The second-order valence-corrected chi connectivity index (χ2v) is 9.21. The molecule has 2 heteroatoms. The maximum absolute atomic E-state index is 6.58. The van der Waals surface area contributed by atoms with E-state index in [0.717, 1.165) is 41.8 Å². The molecule has 0 saturated heterocycles. The molecule has 2 aliphatic rings. The fourth-order valence-electron chi connectivity index (χ4n) is 5.48. The van der Waals surface area contributed by atoms with Crippen molar-refractivity contribution in [2.45, 2.75) is 26.2 Å². The Morgan fingerprint density at radius 3 is 1.68 bits per heavy atom. The van der Waals surface area contributed by atoms with Crippen molar-refractivity contribution in [2.24, 2.45) is 17.8 Å². The molecule has 0 spiro atoms. The number of hydrogen-bond donors (Lipinski definition) is 0. The zero-order chi connectivity index (χ0) is 20.8. The molecule has 0 amide bonds. The molecule has 2 nitrogen and oxygen atoms in total. The van der Waals surface area contributed by atoms with E-state index in [-0.39, 0.29) is 0 Å². The Bertz CT molecular complexity index is 1160. The molecule has 4 aromatic carbocycles. The Labute approximate surface area is 183 Å². The van der Waals surface area contributed by atoms with Gasteiger partial charge in [0.2, 0.25) is 0 Å². The zero-order valence-electron chi connectivity index (χ0n) is 18.0. The average molecular weight is 409 g/mol. The first-order chi connectivity index (χ1) is 15.3. The monoisotopic (exact) mass is 408 g/mol. The topological polar surface area (TPSA) is 18.5 Å². The third-order valence-electron chi connectivity index (χ3n) is 7.45. The first-order valence-corrected chi connectivity index (χ1v) is 11.6. The van der Waals surface area contributed by atoms with E-state index in [1.165, 1.54) is 40.8 Å². The van der Waals surface area contributed by atoms with Gasteiger partial charge in [-0.1, -0.05) is 74.0 Å². The van der Waals surface area contributed by atoms with Crippen LogP contribution in [0.4, 0.5) is 0 Å². The third-order valence-corrected chi connectivity index (χ3v) is 7.45. The molecule has 1 fully saturated rings. The van der Waals surface area contributed by atoms with Crippen LogP contribution in [0.5, 0.6) is 11.5 Å². The summed E-state index contributed by atoms with van der Waals surface area (Å²) < 4.78 is 13.2. The molecule has 0 unspecified atom stereocenters. The number of rotatable bonds is 2. The van der Waals surface area contributed by atoms with E-state index >= 15 is 0 Å². The van der Waals surface area contributed by atoms with E-state index in [9.17, 15) is 0 Å². The summed E-state index contributed by atoms with van der Waals surface area (Å²) in [5.74, 6) is 3.96. The van der Waals surface area contributed by atoms with Crippen molar-refractivity contribution in [3.05, 3.63) is 72.8 Å². The van der Waals surface area contributed by atoms with Crippen molar-refractivity contribution >= 4 is 21.5 Å². The van der Waals surface area contributed by atoms with Crippen molar-refractivity contribution in [3.8, 4) is 22.6 Å². The van der Waals surface area contributed by atoms with Gasteiger partial charge in [-0.05, 0) is 58.4 Å². The van der Waals surface area contributed by atoms with Gasteiger partial charge in [-0.15, -0.1) is 0 Å². The van der Waals surface area contributed by atoms with Crippen molar-refractivity contribution < 1.29 is 9.47 Å². The molecule has 1 saturated carbocycles. The van der Waals surface area contributed by atoms with Crippen LogP contribution in [0.3, 0.4) is 0 Å². The summed E-state index contributed by atoms with van der Waals surface area (Å²) in [6.45, 7) is 3.75. The van der Waals surface area contributed by atoms with E-state index < -0.39 is 0 Å². The lowest BCUT2D eigenvalue weighted by atomic mass is 9.68. The summed E-state index contributed by atoms with van der Waals surface area (Å²) in [5.41, 5.74) is 2.32. The summed E-state index contributed by atoms with van der Waals surface area (Å²) in [4.78, 5) is 0. The first-order valence-electron chi connectivity index (χ1n) is 11.6. The summed E-state index contributed by atoms with van der Waals surface area (Å²) >= 11 is 0. The molecule has 1 aliphatic heterocycles. The van der Waals surface area contributed by atoms with E-state index in [2.05, 4.69) is 79.7 Å². The van der Waals surface area contributed by atoms with Crippen molar-refractivity contribution in [2.75, 3.05) is 13.2 Å². The predicted molar refractivity (Wildman–Crippen MR) is 128 cm³/mol. The molecule has 1 aliphatic carbocycles. The van der Waals surface area contributed by atoms with Crippen LogP contribution in [0, 0.1) is 17.8 Å². The van der Waals surface area contributed by atoms with Crippen LogP contribution >= 0.6 is 0 Å². The Morgan fingerprint density at radius 2 is 1.16 bits per heavy atom. The first kappa shape index (κ1) is 18.7. The van der Waals surface area contributed by atoms with Crippen LogP contribution in [0.1, 0.15) is 26.2 Å². The lowest BCUT2D eigenvalue weighted by Gasteiger charge is -2.39. The highest BCUT2D eigenvalue weighted by molar-refractivity contribution is 6.09. The summed E-state index contributed by atoms with van der Waals surface area (Å²) in [6.07, 6.45) is 3.90. The normalized spacial score (nSPS) is 21.1. The number of fused-ring (bicyclic) bond motifs is 7. The van der Waals surface area contributed by atoms with Gasteiger partial charge >= 0.3 is 0 Å². The van der Waals surface area contributed by atoms with Gasteiger partial charge in [0, 0.05) is 17.0 Å². The molecule has 0 radical (unpaired) electrons. The Kier molecular flexibility index (Phi) is 4.60. The second kappa shape index (κ2) is 7.60. The standard InChI is InChI=1S/C29H28O2/c1-2-19-15-22(16-19)23-17-30-26-13-11-20-7-3-5-9-24(20)28(26)29-25-10-6-4-8-21(25)12-14-27(29)31-18-23/h3-14,19,22-23H,2,15-18H2,1H3. The highest BCUT2D eigenvalue weighted by Gasteiger charge is 2.35. The van der Waals surface area contributed by atoms with Gasteiger partial charge in [0.25, 0.3) is 0 Å². The maximum Gasteiger partial charge on any atom is 0.127 e. The molecule has 1 heterocycles. The molecular formula is C29H28O2. The van der Waals surface area contributed by atoms with Gasteiger partial charge in [0.05, 0.1) is 13.2 Å². The smallest absolute Gasteiger partial charge is 0.127 e. The van der Waals surface area contributed by atoms with Crippen LogP contribution in [0.25, 0.3) is 32.7 Å². The van der Waals surface area contributed by atoms with E-state index in [4.69, 9.17) is 9.47 Å². The zero-order valence-corrected chi connectivity index (χ0v) is 18.0. The SMILES string of the molecule is CCC1CC(C2COc3ccc4ccccc4c3-c3c(ccc4ccccc34)OC2)C1. The largest absolute Gasteiger partial charge is 0.492 e. The lowest BCUT2D eigenvalue weighted by Crippen LogP contribution is -2.36. The molecule has 0 atom stereocenters. The third kappa shape index (κ3) is 3.17. The van der Waals surface area contributed by atoms with E-state index in [1.807, 2.05) is 0 Å². The minimum Gasteiger partial charge on any atom is -0.492 e. The minimum absolute atomic E-state index is 0.430. The Balaban J connectivity index is 1.55. The van der Waals surface area contributed by atoms with Crippen molar-refractivity contribution in [3.63, 3.8) is 0 Å². The highest BCUT2D eigenvalue weighted by atomic mass is 16.5. The molecule has 0 N–H and O–H groups in total. The molecule has 0 aromatic heterocycles. The van der Waals surface area contributed by atoms with Gasteiger partial charge in [0.15, 0.2) is 0 Å². The quantitative estimate of drug-likeness (QED) is 0.342. The van der Waals surface area contributed by atoms with Gasteiger partial charge < -0.3 is 9.47 Å². The van der Waals surface area contributed by atoms with Crippen LogP contribution < -0.4 is 9.47 Å². The summed E-state index contributed by atoms with van der Waals surface area (Å²) in [7, 11) is 0.